The lowest BCUT2D eigenvalue weighted by atomic mass is 10.1. The molecule has 0 aliphatic rings. The second-order valence-electron chi connectivity index (χ2n) is 3.08. The van der Waals surface area contributed by atoms with E-state index in [1.54, 1.807) is 13.0 Å². The smallest absolute Gasteiger partial charge is 0.156 e. The Morgan fingerprint density at radius 3 is 2.56 bits per heavy atom. The number of hydrogen-bond donors (Lipinski definition) is 1. The average molecular weight is 286 g/mol. The fourth-order valence-electron chi connectivity index (χ4n) is 1.44. The average Bonchev–Trinajstić information content (AvgIpc) is 2.26. The summed E-state index contributed by atoms with van der Waals surface area (Å²) in [6.07, 6.45) is 1.13. The Morgan fingerprint density at radius 1 is 1.31 bits per heavy atom. The molecule has 0 spiro atoms. The molecule has 0 aliphatic heterocycles. The zero-order valence-electron chi connectivity index (χ0n) is 9.38. The summed E-state index contributed by atoms with van der Waals surface area (Å²) in [5, 5.41) is 10.0. The number of phenols is 1. The Labute approximate surface area is 102 Å². The zero-order chi connectivity index (χ0) is 12.3. The molecule has 0 bridgehead atoms. The SMILES string of the molecule is CC.Cc1cc(O)cc2ncc(F)c(Br)c12. The standard InChI is InChI=1S/C10H7BrFNO.C2H6/c1-5-2-6(14)3-8-9(5)10(11)7(12)4-13-8;1-2/h2-4,14H,1H3;1-2H3. The first-order chi connectivity index (χ1) is 7.59. The molecule has 4 heteroatoms. The predicted molar refractivity (Wildman–Crippen MR) is 67.2 cm³/mol. The summed E-state index contributed by atoms with van der Waals surface area (Å²) in [4.78, 5) is 3.90. The number of benzene rings is 1. The molecular weight excluding hydrogens is 273 g/mol. The first-order valence-corrected chi connectivity index (χ1v) is 5.82. The minimum absolute atomic E-state index is 0.140. The molecule has 0 saturated carbocycles. The van der Waals surface area contributed by atoms with E-state index in [9.17, 15) is 9.50 Å². The van der Waals surface area contributed by atoms with Crippen LogP contribution in [0.5, 0.6) is 5.75 Å². The van der Waals surface area contributed by atoms with Crippen molar-refractivity contribution in [1.29, 1.82) is 0 Å². The Morgan fingerprint density at radius 2 is 1.94 bits per heavy atom. The van der Waals surface area contributed by atoms with E-state index in [1.165, 1.54) is 6.07 Å². The number of rotatable bonds is 0. The van der Waals surface area contributed by atoms with Crippen LogP contribution in [-0.4, -0.2) is 10.1 Å². The van der Waals surface area contributed by atoms with Crippen molar-refractivity contribution in [3.8, 4) is 5.75 Å². The fourth-order valence-corrected chi connectivity index (χ4v) is 2.06. The maximum Gasteiger partial charge on any atom is 0.156 e. The summed E-state index contributed by atoms with van der Waals surface area (Å²) < 4.78 is 13.5. The second-order valence-corrected chi connectivity index (χ2v) is 3.87. The van der Waals surface area contributed by atoms with Gasteiger partial charge in [0.2, 0.25) is 0 Å². The van der Waals surface area contributed by atoms with Crippen molar-refractivity contribution < 1.29 is 9.50 Å². The third kappa shape index (κ3) is 2.32. The lowest BCUT2D eigenvalue weighted by molar-refractivity contribution is 0.475. The number of aromatic hydroxyl groups is 1. The van der Waals surface area contributed by atoms with Gasteiger partial charge in [-0.1, -0.05) is 13.8 Å². The molecule has 2 aromatic rings. The van der Waals surface area contributed by atoms with Crippen molar-refractivity contribution in [3.05, 3.63) is 34.2 Å². The van der Waals surface area contributed by atoms with E-state index >= 15 is 0 Å². The van der Waals surface area contributed by atoms with Crippen LogP contribution in [0.25, 0.3) is 10.9 Å². The van der Waals surface area contributed by atoms with Crippen LogP contribution in [0.2, 0.25) is 0 Å². The maximum absolute atomic E-state index is 13.2. The third-order valence-electron chi connectivity index (χ3n) is 2.05. The number of halogens is 2. The van der Waals surface area contributed by atoms with Crippen LogP contribution in [0, 0.1) is 12.7 Å². The quantitative estimate of drug-likeness (QED) is 0.788. The minimum atomic E-state index is -0.397. The maximum atomic E-state index is 13.2. The van der Waals surface area contributed by atoms with Gasteiger partial charge in [-0.15, -0.1) is 0 Å². The van der Waals surface area contributed by atoms with Gasteiger partial charge in [0.1, 0.15) is 5.75 Å². The zero-order valence-corrected chi connectivity index (χ0v) is 11.0. The highest BCUT2D eigenvalue weighted by Crippen LogP contribution is 2.30. The van der Waals surface area contributed by atoms with Gasteiger partial charge in [-0.2, -0.15) is 0 Å². The summed E-state index contributed by atoms with van der Waals surface area (Å²) in [7, 11) is 0. The molecule has 1 heterocycles. The summed E-state index contributed by atoms with van der Waals surface area (Å²) in [5.41, 5.74) is 1.37. The lowest BCUT2D eigenvalue weighted by Crippen LogP contribution is -1.88. The van der Waals surface area contributed by atoms with E-state index in [0.29, 0.717) is 15.4 Å². The fraction of sp³-hybridized carbons (Fsp3) is 0.250. The van der Waals surface area contributed by atoms with Gasteiger partial charge >= 0.3 is 0 Å². The van der Waals surface area contributed by atoms with Gasteiger partial charge in [0.25, 0.3) is 0 Å². The van der Waals surface area contributed by atoms with Crippen LogP contribution in [0.4, 0.5) is 4.39 Å². The molecule has 0 unspecified atom stereocenters. The Hall–Kier alpha value is -1.16. The van der Waals surface area contributed by atoms with Crippen LogP contribution in [0.1, 0.15) is 19.4 Å². The highest BCUT2D eigenvalue weighted by Gasteiger charge is 2.09. The summed E-state index contributed by atoms with van der Waals surface area (Å²) in [6, 6.07) is 3.08. The van der Waals surface area contributed by atoms with E-state index in [0.717, 1.165) is 11.8 Å². The monoisotopic (exact) mass is 285 g/mol. The van der Waals surface area contributed by atoms with Gasteiger partial charge in [0.15, 0.2) is 5.82 Å². The van der Waals surface area contributed by atoms with Crippen molar-refractivity contribution in [3.63, 3.8) is 0 Å². The van der Waals surface area contributed by atoms with Crippen molar-refractivity contribution in [2.45, 2.75) is 20.8 Å². The third-order valence-corrected chi connectivity index (χ3v) is 2.82. The summed E-state index contributed by atoms with van der Waals surface area (Å²) >= 11 is 3.16. The van der Waals surface area contributed by atoms with Crippen LogP contribution in [0.15, 0.2) is 22.8 Å². The highest BCUT2D eigenvalue weighted by atomic mass is 79.9. The number of pyridine rings is 1. The molecule has 16 heavy (non-hydrogen) atoms. The molecule has 1 aromatic heterocycles. The van der Waals surface area contributed by atoms with Gasteiger partial charge in [-0.3, -0.25) is 4.98 Å². The molecule has 0 aliphatic carbocycles. The molecule has 2 nitrogen and oxygen atoms in total. The van der Waals surface area contributed by atoms with Crippen molar-refractivity contribution >= 4 is 26.8 Å². The van der Waals surface area contributed by atoms with Crippen molar-refractivity contribution in [1.82, 2.24) is 4.98 Å². The second kappa shape index (κ2) is 5.25. The molecule has 0 saturated heterocycles. The van der Waals surface area contributed by atoms with Gasteiger partial charge < -0.3 is 5.11 Å². The van der Waals surface area contributed by atoms with Crippen LogP contribution < -0.4 is 0 Å². The normalized spacial score (nSPS) is 9.81. The van der Waals surface area contributed by atoms with E-state index in [2.05, 4.69) is 20.9 Å². The van der Waals surface area contributed by atoms with Gasteiger partial charge in [-0.05, 0) is 34.5 Å². The predicted octanol–water partition coefficient (Wildman–Crippen LogP) is 4.18. The van der Waals surface area contributed by atoms with E-state index in [1.807, 2.05) is 13.8 Å². The number of aryl methyl sites for hydroxylation is 1. The minimum Gasteiger partial charge on any atom is -0.508 e. The van der Waals surface area contributed by atoms with Gasteiger partial charge in [0, 0.05) is 11.5 Å². The first kappa shape index (κ1) is 12.9. The van der Waals surface area contributed by atoms with Crippen molar-refractivity contribution in [2.75, 3.05) is 0 Å². The molecule has 2 rings (SSSR count). The van der Waals surface area contributed by atoms with Crippen LogP contribution in [-0.2, 0) is 0 Å². The number of phenolic OH excluding ortho intramolecular Hbond substituents is 1. The number of aromatic nitrogens is 1. The molecule has 1 aromatic carbocycles. The molecule has 0 amide bonds. The number of hydrogen-bond acceptors (Lipinski definition) is 2. The molecule has 0 atom stereocenters. The van der Waals surface area contributed by atoms with Crippen LogP contribution in [0.3, 0.4) is 0 Å². The van der Waals surface area contributed by atoms with Gasteiger partial charge in [0.05, 0.1) is 16.2 Å². The van der Waals surface area contributed by atoms with E-state index in [-0.39, 0.29) is 5.75 Å². The molecule has 86 valence electrons. The Bertz CT molecular complexity index is 514. The van der Waals surface area contributed by atoms with Crippen molar-refractivity contribution in [2.24, 2.45) is 0 Å². The Kier molecular flexibility index (Phi) is 4.24. The molecule has 0 radical (unpaired) electrons. The van der Waals surface area contributed by atoms with Gasteiger partial charge in [-0.25, -0.2) is 4.39 Å². The number of nitrogens with zero attached hydrogens (tertiary/aromatic N) is 1. The molecule has 0 fully saturated rings. The largest absolute Gasteiger partial charge is 0.508 e. The highest BCUT2D eigenvalue weighted by molar-refractivity contribution is 9.10. The molecule has 1 N–H and O–H groups in total. The topological polar surface area (TPSA) is 33.1 Å². The lowest BCUT2D eigenvalue weighted by Gasteiger charge is -2.05. The number of fused-ring (bicyclic) bond motifs is 1. The van der Waals surface area contributed by atoms with Crippen LogP contribution >= 0.6 is 15.9 Å². The Balaban J connectivity index is 0.000000606. The summed E-state index contributed by atoms with van der Waals surface area (Å²) in [5.74, 6) is -0.257. The van der Waals surface area contributed by atoms with E-state index < -0.39 is 5.82 Å². The van der Waals surface area contributed by atoms with E-state index in [4.69, 9.17) is 0 Å². The summed E-state index contributed by atoms with van der Waals surface area (Å²) in [6.45, 7) is 5.80. The first-order valence-electron chi connectivity index (χ1n) is 5.03. The molecular formula is C12H13BrFNO.